The topological polar surface area (TPSA) is 21.3 Å². The van der Waals surface area contributed by atoms with Crippen molar-refractivity contribution in [2.75, 3.05) is 13.7 Å². The molecule has 0 aromatic heterocycles. The Bertz CT molecular complexity index is 310. The Morgan fingerprint density at radius 3 is 2.85 bits per heavy atom. The summed E-state index contributed by atoms with van der Waals surface area (Å²) >= 11 is 0. The van der Waals surface area contributed by atoms with Crippen molar-refractivity contribution in [1.29, 1.82) is 0 Å². The molecule has 3 heteroatoms. The van der Waals surface area contributed by atoms with E-state index < -0.39 is 0 Å². The third-order valence-electron chi connectivity index (χ3n) is 2.40. The summed E-state index contributed by atoms with van der Waals surface area (Å²) < 4.78 is 18.2. The fraction of sp³-hybridized carbons (Fsp3) is 0.400. The van der Waals surface area contributed by atoms with Gasteiger partial charge in [0.1, 0.15) is 0 Å². The SMILES string of the molecule is COc1c(F)cccc1[C@@H]1CCN1. The highest BCUT2D eigenvalue weighted by Gasteiger charge is 2.23. The molecule has 1 aliphatic heterocycles. The first-order valence-electron chi connectivity index (χ1n) is 4.38. The van der Waals surface area contributed by atoms with Crippen LogP contribution < -0.4 is 10.1 Å². The van der Waals surface area contributed by atoms with Crippen LogP contribution in [0.2, 0.25) is 0 Å². The number of methoxy groups -OCH3 is 1. The van der Waals surface area contributed by atoms with Gasteiger partial charge >= 0.3 is 0 Å². The molecule has 0 amide bonds. The summed E-state index contributed by atoms with van der Waals surface area (Å²) in [6.07, 6.45) is 1.06. The van der Waals surface area contributed by atoms with E-state index in [2.05, 4.69) is 5.32 Å². The molecule has 1 atom stereocenters. The summed E-state index contributed by atoms with van der Waals surface area (Å²) in [5.41, 5.74) is 0.925. The first-order valence-corrected chi connectivity index (χ1v) is 4.38. The molecule has 13 heavy (non-hydrogen) atoms. The third-order valence-corrected chi connectivity index (χ3v) is 2.40. The van der Waals surface area contributed by atoms with Gasteiger partial charge in [-0.05, 0) is 19.0 Å². The van der Waals surface area contributed by atoms with E-state index in [-0.39, 0.29) is 11.9 Å². The van der Waals surface area contributed by atoms with Gasteiger partial charge in [-0.3, -0.25) is 0 Å². The van der Waals surface area contributed by atoms with Crippen LogP contribution in [0.3, 0.4) is 0 Å². The van der Waals surface area contributed by atoms with E-state index in [4.69, 9.17) is 4.74 Å². The fourth-order valence-electron chi connectivity index (χ4n) is 1.57. The summed E-state index contributed by atoms with van der Waals surface area (Å²) in [5.74, 6) is 0.0911. The molecule has 1 aromatic rings. The number of para-hydroxylation sites is 1. The number of rotatable bonds is 2. The number of ether oxygens (including phenoxy) is 1. The molecule has 1 aromatic carbocycles. The monoisotopic (exact) mass is 181 g/mol. The summed E-state index contributed by atoms with van der Waals surface area (Å²) in [6.45, 7) is 1.00. The predicted octanol–water partition coefficient (Wildman–Crippen LogP) is 1.87. The lowest BCUT2D eigenvalue weighted by Crippen LogP contribution is -2.35. The van der Waals surface area contributed by atoms with E-state index in [1.165, 1.54) is 13.2 Å². The second-order valence-corrected chi connectivity index (χ2v) is 3.16. The second kappa shape index (κ2) is 3.34. The highest BCUT2D eigenvalue weighted by atomic mass is 19.1. The molecule has 1 saturated heterocycles. The van der Waals surface area contributed by atoms with E-state index in [1.54, 1.807) is 6.07 Å². The van der Waals surface area contributed by atoms with Crippen LogP contribution in [0.5, 0.6) is 5.75 Å². The molecule has 2 nitrogen and oxygen atoms in total. The predicted molar refractivity (Wildman–Crippen MR) is 48.3 cm³/mol. The lowest BCUT2D eigenvalue weighted by molar-refractivity contribution is 0.340. The van der Waals surface area contributed by atoms with Crippen LogP contribution in [0.25, 0.3) is 0 Å². The zero-order valence-electron chi connectivity index (χ0n) is 7.51. The van der Waals surface area contributed by atoms with Gasteiger partial charge in [0.15, 0.2) is 11.6 Å². The maximum Gasteiger partial charge on any atom is 0.165 e. The lowest BCUT2D eigenvalue weighted by Gasteiger charge is -2.29. The van der Waals surface area contributed by atoms with Crippen LogP contribution >= 0.6 is 0 Å². The highest BCUT2D eigenvalue weighted by Crippen LogP contribution is 2.32. The van der Waals surface area contributed by atoms with Crippen LogP contribution in [0.4, 0.5) is 4.39 Å². The molecule has 1 N–H and O–H groups in total. The fourth-order valence-corrected chi connectivity index (χ4v) is 1.57. The molecule has 0 saturated carbocycles. The number of benzene rings is 1. The normalized spacial score (nSPS) is 20.9. The van der Waals surface area contributed by atoms with Crippen molar-refractivity contribution < 1.29 is 9.13 Å². The maximum atomic E-state index is 13.2. The van der Waals surface area contributed by atoms with Crippen LogP contribution in [-0.2, 0) is 0 Å². The van der Waals surface area contributed by atoms with Crippen molar-refractivity contribution in [2.45, 2.75) is 12.5 Å². The molecule has 0 radical (unpaired) electrons. The number of hydrogen-bond donors (Lipinski definition) is 1. The third kappa shape index (κ3) is 1.40. The molecule has 70 valence electrons. The van der Waals surface area contributed by atoms with E-state index in [9.17, 15) is 4.39 Å². The quantitative estimate of drug-likeness (QED) is 0.752. The van der Waals surface area contributed by atoms with Crippen LogP contribution in [0, 0.1) is 5.82 Å². The van der Waals surface area contributed by atoms with Crippen molar-refractivity contribution >= 4 is 0 Å². The molecule has 1 aliphatic rings. The zero-order valence-corrected chi connectivity index (χ0v) is 7.51. The summed E-state index contributed by atoms with van der Waals surface area (Å²) in [4.78, 5) is 0. The van der Waals surface area contributed by atoms with Gasteiger partial charge in [-0.15, -0.1) is 0 Å². The minimum atomic E-state index is -0.284. The Balaban J connectivity index is 2.37. The summed E-state index contributed by atoms with van der Waals surface area (Å²) in [7, 11) is 1.50. The van der Waals surface area contributed by atoms with E-state index in [1.807, 2.05) is 6.07 Å². The van der Waals surface area contributed by atoms with Gasteiger partial charge in [-0.2, -0.15) is 0 Å². The smallest absolute Gasteiger partial charge is 0.165 e. The Hall–Kier alpha value is -1.09. The van der Waals surface area contributed by atoms with Crippen molar-refractivity contribution in [3.05, 3.63) is 29.6 Å². The van der Waals surface area contributed by atoms with Crippen LogP contribution in [0.15, 0.2) is 18.2 Å². The second-order valence-electron chi connectivity index (χ2n) is 3.16. The Labute approximate surface area is 76.7 Å². The summed E-state index contributed by atoms with van der Waals surface area (Å²) in [5, 5.41) is 3.22. The van der Waals surface area contributed by atoms with Gasteiger partial charge in [0, 0.05) is 11.6 Å². The zero-order chi connectivity index (χ0) is 9.26. The molecule has 0 spiro atoms. The van der Waals surface area contributed by atoms with Gasteiger partial charge in [0.05, 0.1) is 7.11 Å². The van der Waals surface area contributed by atoms with Crippen molar-refractivity contribution in [1.82, 2.24) is 5.32 Å². The highest BCUT2D eigenvalue weighted by molar-refractivity contribution is 5.38. The van der Waals surface area contributed by atoms with Gasteiger partial charge < -0.3 is 10.1 Å². The molecule has 2 rings (SSSR count). The van der Waals surface area contributed by atoms with E-state index in [0.29, 0.717) is 5.75 Å². The van der Waals surface area contributed by atoms with Crippen LogP contribution in [-0.4, -0.2) is 13.7 Å². The Kier molecular flexibility index (Phi) is 2.19. The molecule has 0 aliphatic carbocycles. The van der Waals surface area contributed by atoms with Gasteiger partial charge in [0.25, 0.3) is 0 Å². The standard InChI is InChI=1S/C10H12FNO/c1-13-10-7(9-5-6-12-9)3-2-4-8(10)11/h2-4,9,12H,5-6H2,1H3/t9-/m0/s1. The molecule has 1 fully saturated rings. The lowest BCUT2D eigenvalue weighted by atomic mass is 9.97. The largest absolute Gasteiger partial charge is 0.493 e. The van der Waals surface area contributed by atoms with E-state index in [0.717, 1.165) is 18.5 Å². The Morgan fingerprint density at radius 2 is 2.31 bits per heavy atom. The molecular formula is C10H12FNO. The summed E-state index contributed by atoms with van der Waals surface area (Å²) in [6, 6.07) is 5.30. The minimum absolute atomic E-state index is 0.269. The average Bonchev–Trinajstić information content (AvgIpc) is 2.01. The van der Waals surface area contributed by atoms with E-state index >= 15 is 0 Å². The van der Waals surface area contributed by atoms with Crippen LogP contribution in [0.1, 0.15) is 18.0 Å². The van der Waals surface area contributed by atoms with Gasteiger partial charge in [0.2, 0.25) is 0 Å². The minimum Gasteiger partial charge on any atom is -0.493 e. The van der Waals surface area contributed by atoms with Crippen molar-refractivity contribution in [3.63, 3.8) is 0 Å². The van der Waals surface area contributed by atoms with Crippen molar-refractivity contribution in [2.24, 2.45) is 0 Å². The number of halogens is 1. The number of nitrogens with one attached hydrogen (secondary N) is 1. The average molecular weight is 181 g/mol. The first kappa shape index (κ1) is 8.51. The Morgan fingerprint density at radius 1 is 1.54 bits per heavy atom. The molecular weight excluding hydrogens is 169 g/mol. The van der Waals surface area contributed by atoms with Gasteiger partial charge in [-0.25, -0.2) is 4.39 Å². The molecule has 1 heterocycles. The molecule has 0 unspecified atom stereocenters. The first-order chi connectivity index (χ1) is 6.33. The van der Waals surface area contributed by atoms with Crippen molar-refractivity contribution in [3.8, 4) is 5.75 Å². The van der Waals surface area contributed by atoms with Gasteiger partial charge in [-0.1, -0.05) is 12.1 Å². The number of hydrogen-bond acceptors (Lipinski definition) is 2. The molecule has 0 bridgehead atoms. The maximum absolute atomic E-state index is 13.2.